The van der Waals surface area contributed by atoms with Crippen LogP contribution in [0.2, 0.25) is 0 Å². The number of sulfone groups is 1. The minimum absolute atomic E-state index is 0.0573. The van der Waals surface area contributed by atoms with Crippen molar-refractivity contribution in [1.82, 2.24) is 0 Å². The molecule has 2 aromatic carbocycles. The van der Waals surface area contributed by atoms with Crippen molar-refractivity contribution >= 4 is 15.8 Å². The zero-order valence-electron chi connectivity index (χ0n) is 16.6. The number of ether oxygens (including phenoxy) is 2. The van der Waals surface area contributed by atoms with Gasteiger partial charge in [-0.2, -0.15) is 0 Å². The minimum Gasteiger partial charge on any atom is -0.487 e. The smallest absolute Gasteiger partial charge is 0.327 e. The average molecular weight is 421 g/mol. The quantitative estimate of drug-likeness (QED) is 0.497. The van der Waals surface area contributed by atoms with Gasteiger partial charge in [0.05, 0.1) is 4.90 Å². The zero-order chi connectivity index (χ0) is 21.1. The van der Waals surface area contributed by atoms with Crippen molar-refractivity contribution in [3.05, 3.63) is 59.4 Å². The van der Waals surface area contributed by atoms with Gasteiger partial charge in [-0.1, -0.05) is 31.0 Å². The molecule has 0 heterocycles. The lowest BCUT2D eigenvalue weighted by Crippen LogP contribution is -2.45. The van der Waals surface area contributed by atoms with Gasteiger partial charge < -0.3 is 9.47 Å². The number of aryl methyl sites for hydroxylation is 2. The molecule has 1 aliphatic carbocycles. The van der Waals surface area contributed by atoms with Crippen molar-refractivity contribution in [3.63, 3.8) is 0 Å². The molecule has 0 atom stereocenters. The summed E-state index contributed by atoms with van der Waals surface area (Å²) in [4.78, 5) is 13.0. The molecule has 1 aliphatic rings. The van der Waals surface area contributed by atoms with E-state index >= 15 is 0 Å². The Morgan fingerprint density at radius 2 is 1.72 bits per heavy atom. The molecule has 0 bridgehead atoms. The Morgan fingerprint density at radius 3 is 2.38 bits per heavy atom. The van der Waals surface area contributed by atoms with Crippen LogP contribution in [0.5, 0.6) is 5.75 Å². The van der Waals surface area contributed by atoms with Crippen molar-refractivity contribution in [2.45, 2.75) is 49.2 Å². The van der Waals surface area contributed by atoms with Crippen molar-refractivity contribution in [1.29, 1.82) is 0 Å². The first-order valence-corrected chi connectivity index (χ1v) is 11.1. The van der Waals surface area contributed by atoms with Gasteiger partial charge in [0.1, 0.15) is 13.2 Å². The number of carbonyl (C=O) groups excluding carboxylic acids is 1. The van der Waals surface area contributed by atoms with Crippen molar-refractivity contribution in [2.75, 3.05) is 13.2 Å². The molecule has 29 heavy (non-hydrogen) atoms. The van der Waals surface area contributed by atoms with Crippen LogP contribution >= 0.6 is 0 Å². The fourth-order valence-corrected chi connectivity index (χ4v) is 5.75. The summed E-state index contributed by atoms with van der Waals surface area (Å²) in [5.74, 6) is -1.21. The van der Waals surface area contributed by atoms with Crippen molar-refractivity contribution in [3.8, 4) is 5.75 Å². The normalized spacial score (nSPS) is 15.8. The maximum Gasteiger partial charge on any atom is 0.327 e. The Morgan fingerprint density at radius 1 is 1.03 bits per heavy atom. The van der Waals surface area contributed by atoms with Crippen LogP contribution in [-0.2, 0) is 19.4 Å². The molecule has 7 heteroatoms. The molecular weight excluding hydrogens is 395 g/mol. The van der Waals surface area contributed by atoms with E-state index in [1.807, 2.05) is 13.8 Å². The van der Waals surface area contributed by atoms with Gasteiger partial charge >= 0.3 is 5.97 Å². The predicted molar refractivity (Wildman–Crippen MR) is 107 cm³/mol. The maximum atomic E-state index is 13.6. The molecule has 5 nitrogen and oxygen atoms in total. The van der Waals surface area contributed by atoms with Gasteiger partial charge in [0.15, 0.2) is 26.2 Å². The lowest BCUT2D eigenvalue weighted by atomic mass is 10.1. The van der Waals surface area contributed by atoms with Gasteiger partial charge in [-0.15, -0.1) is 0 Å². The number of benzene rings is 2. The first-order valence-electron chi connectivity index (χ1n) is 9.64. The molecule has 0 N–H and O–H groups in total. The Hall–Kier alpha value is -2.41. The van der Waals surface area contributed by atoms with Crippen LogP contribution in [0.15, 0.2) is 47.4 Å². The van der Waals surface area contributed by atoms with E-state index in [2.05, 4.69) is 0 Å². The van der Waals surface area contributed by atoms with Crippen LogP contribution in [0.1, 0.15) is 36.8 Å². The first-order chi connectivity index (χ1) is 13.8. The average Bonchev–Trinajstić information content (AvgIpc) is 3.20. The van der Waals surface area contributed by atoms with E-state index < -0.39 is 26.4 Å². The summed E-state index contributed by atoms with van der Waals surface area (Å²) in [6.07, 6.45) is 1.75. The number of halogens is 1. The van der Waals surface area contributed by atoms with E-state index in [0.29, 0.717) is 12.8 Å². The van der Waals surface area contributed by atoms with Crippen LogP contribution in [0.3, 0.4) is 0 Å². The molecule has 0 spiro atoms. The number of esters is 1. The molecule has 1 fully saturated rings. The molecule has 156 valence electrons. The number of rotatable bonds is 7. The molecule has 0 aliphatic heterocycles. The lowest BCUT2D eigenvalue weighted by molar-refractivity contribution is -0.147. The number of carbonyl (C=O) groups is 1. The molecular formula is C22H25FO5S. The van der Waals surface area contributed by atoms with E-state index in [1.54, 1.807) is 30.3 Å². The molecule has 2 aromatic rings. The van der Waals surface area contributed by atoms with E-state index in [0.717, 1.165) is 11.1 Å². The molecule has 0 amide bonds. The topological polar surface area (TPSA) is 69.7 Å². The van der Waals surface area contributed by atoms with E-state index in [-0.39, 0.29) is 36.7 Å². The Kier molecular flexibility index (Phi) is 6.27. The zero-order valence-corrected chi connectivity index (χ0v) is 17.4. The van der Waals surface area contributed by atoms with Gasteiger partial charge in [0.2, 0.25) is 0 Å². The molecule has 0 aromatic heterocycles. The Labute approximate surface area is 170 Å². The number of para-hydroxylation sites is 1. The van der Waals surface area contributed by atoms with Crippen molar-refractivity contribution < 1.29 is 27.1 Å². The molecule has 0 unspecified atom stereocenters. The van der Waals surface area contributed by atoms with E-state index in [9.17, 15) is 17.6 Å². The summed E-state index contributed by atoms with van der Waals surface area (Å²) in [6.45, 7) is 3.53. The summed E-state index contributed by atoms with van der Waals surface area (Å²) >= 11 is 0. The molecule has 3 rings (SSSR count). The van der Waals surface area contributed by atoms with E-state index in [4.69, 9.17) is 9.47 Å². The minimum atomic E-state index is -3.91. The van der Waals surface area contributed by atoms with Crippen molar-refractivity contribution in [2.24, 2.45) is 0 Å². The fraction of sp³-hybridized carbons (Fsp3) is 0.409. The Balaban J connectivity index is 1.73. The number of hydrogen-bond donors (Lipinski definition) is 0. The highest BCUT2D eigenvalue weighted by Crippen LogP contribution is 2.41. The summed E-state index contributed by atoms with van der Waals surface area (Å²) in [5, 5.41) is 0. The number of hydrogen-bond acceptors (Lipinski definition) is 5. The lowest BCUT2D eigenvalue weighted by Gasteiger charge is -2.27. The van der Waals surface area contributed by atoms with Crippen LogP contribution in [0.4, 0.5) is 4.39 Å². The maximum absolute atomic E-state index is 13.6. The standard InChI is InChI=1S/C22H25FO5S/c1-16-9-10-18(15-17(16)2)29(25,26)22(11-5-6-12-22)21(24)28-14-13-27-20-8-4-3-7-19(20)23/h3-4,7-10,15H,5-6,11-14H2,1-2H3. The molecule has 0 saturated heterocycles. The largest absolute Gasteiger partial charge is 0.487 e. The van der Waals surface area contributed by atoms with Crippen LogP contribution < -0.4 is 4.74 Å². The highest BCUT2D eigenvalue weighted by molar-refractivity contribution is 7.93. The SMILES string of the molecule is Cc1ccc(S(=O)(=O)C2(C(=O)OCCOc3ccccc3F)CCCC2)cc1C. The second-order valence-corrected chi connectivity index (χ2v) is 9.63. The van der Waals surface area contributed by atoms with Crippen LogP contribution in [0.25, 0.3) is 0 Å². The van der Waals surface area contributed by atoms with Gasteiger partial charge in [0, 0.05) is 0 Å². The second-order valence-electron chi connectivity index (χ2n) is 7.37. The Bertz CT molecular complexity index is 994. The summed E-state index contributed by atoms with van der Waals surface area (Å²) in [7, 11) is -3.91. The third kappa shape index (κ3) is 4.15. The monoisotopic (exact) mass is 420 g/mol. The predicted octanol–water partition coefficient (Wildman–Crippen LogP) is 4.15. The highest BCUT2D eigenvalue weighted by Gasteiger charge is 2.54. The molecule has 0 radical (unpaired) electrons. The fourth-order valence-electron chi connectivity index (χ4n) is 3.61. The summed E-state index contributed by atoms with van der Waals surface area (Å²) < 4.78 is 49.3. The van der Waals surface area contributed by atoms with Gasteiger partial charge in [-0.05, 0) is 62.1 Å². The summed E-state index contributed by atoms with van der Waals surface area (Å²) in [6, 6.07) is 10.8. The van der Waals surface area contributed by atoms with Crippen LogP contribution in [-0.4, -0.2) is 32.3 Å². The van der Waals surface area contributed by atoms with E-state index in [1.165, 1.54) is 12.1 Å². The second kappa shape index (κ2) is 8.53. The highest BCUT2D eigenvalue weighted by atomic mass is 32.2. The van der Waals surface area contributed by atoms with Gasteiger partial charge in [-0.25, -0.2) is 12.8 Å². The third-order valence-corrected chi connectivity index (χ3v) is 7.98. The summed E-state index contributed by atoms with van der Waals surface area (Å²) in [5.41, 5.74) is 1.84. The first kappa shape index (κ1) is 21.3. The van der Waals surface area contributed by atoms with Gasteiger partial charge in [-0.3, -0.25) is 4.79 Å². The van der Waals surface area contributed by atoms with Gasteiger partial charge in [0.25, 0.3) is 0 Å². The third-order valence-electron chi connectivity index (χ3n) is 5.50. The molecule has 1 saturated carbocycles. The van der Waals surface area contributed by atoms with Crippen LogP contribution in [0, 0.1) is 19.7 Å².